The minimum atomic E-state index is -1.14. The van der Waals surface area contributed by atoms with Crippen LogP contribution in [0.4, 0.5) is 4.79 Å². The summed E-state index contributed by atoms with van der Waals surface area (Å²) < 4.78 is 17.3. The van der Waals surface area contributed by atoms with E-state index in [1.807, 2.05) is 39.8 Å². The number of carbonyl (C=O) groups is 3. The average Bonchev–Trinajstić information content (AvgIpc) is 3.24. The molecule has 1 saturated heterocycles. The maximum absolute atomic E-state index is 13.9. The Bertz CT molecular complexity index is 1280. The van der Waals surface area contributed by atoms with E-state index in [2.05, 4.69) is 5.32 Å². The maximum Gasteiger partial charge on any atom is 0.407 e. The highest BCUT2D eigenvalue weighted by molar-refractivity contribution is 5.90. The standard InChI is InChI=1S/C30H42N4O7/c1-17-10-8-7-9-11-21-26(32-22-14-19(39-6)12-13-20(22)31-21)41-23-15-34(24(18(23)2)28(36)37)27(35)25(30(3,4)5)33-29(38)40-16-17/h12-14,17-18,23-25H,7-11,15-16H2,1-6H3,(H,33,38)(H,36,37)/t17-,18-,23+,24+,25-/m1/s1. The predicted molar refractivity (Wildman–Crippen MR) is 152 cm³/mol. The Kier molecular flexibility index (Phi) is 9.24. The number of carbonyl (C=O) groups excluding carboxylic acids is 2. The molecule has 2 amide bonds. The molecule has 41 heavy (non-hydrogen) atoms. The van der Waals surface area contributed by atoms with Crippen LogP contribution in [0.25, 0.3) is 11.0 Å². The smallest absolute Gasteiger partial charge is 0.407 e. The molecule has 11 nitrogen and oxygen atoms in total. The van der Waals surface area contributed by atoms with Gasteiger partial charge in [-0.25, -0.2) is 19.6 Å². The number of aryl methyl sites for hydroxylation is 1. The van der Waals surface area contributed by atoms with Gasteiger partial charge in [-0.05, 0) is 42.7 Å². The lowest BCUT2D eigenvalue weighted by Crippen LogP contribution is -2.57. The minimum Gasteiger partial charge on any atom is -0.497 e. The third-order valence-corrected chi connectivity index (χ3v) is 7.99. The lowest BCUT2D eigenvalue weighted by molar-refractivity contribution is -0.151. The SMILES string of the molecule is COc1ccc2nc3c(nc2c1)O[C@H]1CN(C(=O)[C@H](C(C)(C)C)NC(=O)OC[C@H](C)CCCCC3)[C@H](C(=O)O)[C@@H]1C. The van der Waals surface area contributed by atoms with Crippen molar-refractivity contribution in [1.82, 2.24) is 20.2 Å². The lowest BCUT2D eigenvalue weighted by Gasteiger charge is -2.34. The van der Waals surface area contributed by atoms with Crippen molar-refractivity contribution in [2.24, 2.45) is 17.3 Å². The Hall–Kier alpha value is -3.63. The third kappa shape index (κ3) is 7.00. The molecular formula is C30H42N4O7. The number of aliphatic carboxylic acids is 1. The zero-order valence-corrected chi connectivity index (χ0v) is 24.8. The molecule has 2 bridgehead atoms. The highest BCUT2D eigenvalue weighted by atomic mass is 16.5. The van der Waals surface area contributed by atoms with Gasteiger partial charge >= 0.3 is 12.1 Å². The third-order valence-electron chi connectivity index (χ3n) is 7.99. The fourth-order valence-electron chi connectivity index (χ4n) is 5.51. The molecule has 0 unspecified atom stereocenters. The summed E-state index contributed by atoms with van der Waals surface area (Å²) in [5, 5.41) is 12.9. The van der Waals surface area contributed by atoms with E-state index in [4.69, 9.17) is 24.2 Å². The number of fused-ring (bicyclic) bond motifs is 4. The summed E-state index contributed by atoms with van der Waals surface area (Å²) in [6, 6.07) is 3.33. The lowest BCUT2D eigenvalue weighted by atomic mass is 9.85. The first kappa shape index (κ1) is 30.3. The molecule has 0 radical (unpaired) electrons. The van der Waals surface area contributed by atoms with Crippen molar-refractivity contribution in [2.45, 2.75) is 84.9 Å². The first-order valence-electron chi connectivity index (χ1n) is 14.4. The molecular weight excluding hydrogens is 528 g/mol. The first-order valence-corrected chi connectivity index (χ1v) is 14.4. The van der Waals surface area contributed by atoms with Gasteiger partial charge in [-0.1, -0.05) is 47.5 Å². The molecule has 5 atom stereocenters. The number of nitrogens with zero attached hydrogens (tertiary/aromatic N) is 3. The molecule has 11 heteroatoms. The second-order valence-electron chi connectivity index (χ2n) is 12.4. The zero-order valence-electron chi connectivity index (χ0n) is 24.8. The van der Waals surface area contributed by atoms with Gasteiger partial charge in [0.1, 0.15) is 29.6 Å². The molecule has 2 aromatic rings. The van der Waals surface area contributed by atoms with Crippen molar-refractivity contribution in [3.05, 3.63) is 23.9 Å². The van der Waals surface area contributed by atoms with Gasteiger partial charge < -0.3 is 29.5 Å². The summed E-state index contributed by atoms with van der Waals surface area (Å²) in [6.45, 7) is 9.49. The number of ether oxygens (including phenoxy) is 3. The molecule has 0 aliphatic carbocycles. The fraction of sp³-hybridized carbons (Fsp3) is 0.633. The number of carboxylic acids is 1. The molecule has 0 saturated carbocycles. The number of benzene rings is 1. The summed E-state index contributed by atoms with van der Waals surface area (Å²) in [7, 11) is 1.58. The Labute approximate surface area is 240 Å². The normalized spacial score (nSPS) is 26.7. The number of cyclic esters (lactones) is 1. The van der Waals surface area contributed by atoms with Crippen molar-refractivity contribution in [3.63, 3.8) is 0 Å². The highest BCUT2D eigenvalue weighted by Gasteiger charge is 2.50. The number of rotatable bonds is 2. The summed E-state index contributed by atoms with van der Waals surface area (Å²) >= 11 is 0. The molecule has 2 aliphatic heterocycles. The van der Waals surface area contributed by atoms with Gasteiger partial charge in [0, 0.05) is 12.0 Å². The van der Waals surface area contributed by atoms with E-state index in [9.17, 15) is 19.5 Å². The van der Waals surface area contributed by atoms with E-state index in [-0.39, 0.29) is 19.1 Å². The maximum atomic E-state index is 13.9. The van der Waals surface area contributed by atoms with Gasteiger partial charge in [-0.2, -0.15) is 0 Å². The highest BCUT2D eigenvalue weighted by Crippen LogP contribution is 2.33. The molecule has 1 fully saturated rings. The molecule has 2 N–H and O–H groups in total. The van der Waals surface area contributed by atoms with Crippen LogP contribution in [0.1, 0.15) is 66.0 Å². The zero-order chi connectivity index (χ0) is 29.9. The molecule has 1 aromatic heterocycles. The Morgan fingerprint density at radius 2 is 1.88 bits per heavy atom. The molecule has 3 heterocycles. The summed E-state index contributed by atoms with van der Waals surface area (Å²) in [5.74, 6) is -1.07. The number of aromatic nitrogens is 2. The van der Waals surface area contributed by atoms with E-state index in [1.165, 1.54) is 4.90 Å². The van der Waals surface area contributed by atoms with Crippen LogP contribution < -0.4 is 14.8 Å². The van der Waals surface area contributed by atoms with E-state index < -0.39 is 47.5 Å². The van der Waals surface area contributed by atoms with Crippen LogP contribution in [0.15, 0.2) is 18.2 Å². The van der Waals surface area contributed by atoms with Gasteiger partial charge in [-0.3, -0.25) is 4.79 Å². The van der Waals surface area contributed by atoms with Crippen molar-refractivity contribution in [1.29, 1.82) is 0 Å². The minimum absolute atomic E-state index is 0.0224. The Morgan fingerprint density at radius 1 is 1.12 bits per heavy atom. The van der Waals surface area contributed by atoms with Gasteiger partial charge in [0.05, 0.1) is 31.3 Å². The van der Waals surface area contributed by atoms with Crippen LogP contribution >= 0.6 is 0 Å². The summed E-state index contributed by atoms with van der Waals surface area (Å²) in [6.07, 6.45) is 2.95. The fourth-order valence-corrected chi connectivity index (χ4v) is 5.51. The number of carboxylic acid groups (broad SMARTS) is 1. The number of methoxy groups -OCH3 is 1. The largest absolute Gasteiger partial charge is 0.497 e. The summed E-state index contributed by atoms with van der Waals surface area (Å²) in [5.41, 5.74) is 1.31. The van der Waals surface area contributed by atoms with Gasteiger partial charge in [0.2, 0.25) is 11.8 Å². The molecule has 1 aromatic carbocycles. The number of alkyl carbamates (subject to hydrolysis) is 1. The van der Waals surface area contributed by atoms with Crippen molar-refractivity contribution in [3.8, 4) is 11.6 Å². The molecule has 4 rings (SSSR count). The van der Waals surface area contributed by atoms with Crippen molar-refractivity contribution in [2.75, 3.05) is 20.3 Å². The van der Waals surface area contributed by atoms with Gasteiger partial charge in [-0.15, -0.1) is 0 Å². The van der Waals surface area contributed by atoms with Gasteiger partial charge in [0.15, 0.2) is 0 Å². The average molecular weight is 571 g/mol. The van der Waals surface area contributed by atoms with Gasteiger partial charge in [0.25, 0.3) is 0 Å². The van der Waals surface area contributed by atoms with E-state index in [1.54, 1.807) is 20.1 Å². The Balaban J connectivity index is 1.73. The van der Waals surface area contributed by atoms with Crippen LogP contribution in [0.2, 0.25) is 0 Å². The predicted octanol–water partition coefficient (Wildman–Crippen LogP) is 4.21. The second kappa shape index (κ2) is 12.5. The number of nitrogens with one attached hydrogen (secondary N) is 1. The van der Waals surface area contributed by atoms with E-state index >= 15 is 0 Å². The summed E-state index contributed by atoms with van der Waals surface area (Å²) in [4.78, 5) is 50.0. The second-order valence-corrected chi connectivity index (χ2v) is 12.4. The van der Waals surface area contributed by atoms with E-state index in [0.29, 0.717) is 34.8 Å². The number of hydrogen-bond donors (Lipinski definition) is 2. The number of hydrogen-bond acceptors (Lipinski definition) is 8. The molecule has 0 spiro atoms. The van der Waals surface area contributed by atoms with Crippen LogP contribution in [-0.4, -0.2) is 76.4 Å². The monoisotopic (exact) mass is 570 g/mol. The van der Waals surface area contributed by atoms with Crippen LogP contribution in [0.3, 0.4) is 0 Å². The topological polar surface area (TPSA) is 140 Å². The molecule has 2 aliphatic rings. The van der Waals surface area contributed by atoms with Crippen LogP contribution in [0.5, 0.6) is 11.6 Å². The van der Waals surface area contributed by atoms with Crippen molar-refractivity contribution >= 4 is 29.0 Å². The van der Waals surface area contributed by atoms with Crippen LogP contribution in [-0.2, 0) is 20.7 Å². The Morgan fingerprint density at radius 3 is 2.56 bits per heavy atom. The molecule has 224 valence electrons. The number of amides is 2. The van der Waals surface area contributed by atoms with E-state index in [0.717, 1.165) is 25.7 Å². The quantitative estimate of drug-likeness (QED) is 0.543. The first-order chi connectivity index (χ1) is 19.4. The van der Waals surface area contributed by atoms with Crippen molar-refractivity contribution < 1.29 is 33.7 Å². The van der Waals surface area contributed by atoms with Crippen LogP contribution in [0, 0.1) is 17.3 Å².